The lowest BCUT2D eigenvalue weighted by molar-refractivity contribution is 0.102. The molecule has 3 N–H and O–H groups in total. The van der Waals surface area contributed by atoms with E-state index in [0.29, 0.717) is 12.1 Å². The van der Waals surface area contributed by atoms with E-state index in [-0.39, 0.29) is 5.91 Å². The van der Waals surface area contributed by atoms with Crippen molar-refractivity contribution in [3.8, 4) is 0 Å². The third-order valence-corrected chi connectivity index (χ3v) is 3.03. The lowest BCUT2D eigenvalue weighted by Crippen LogP contribution is -2.11. The van der Waals surface area contributed by atoms with E-state index in [0.717, 1.165) is 15.7 Å². The summed E-state index contributed by atoms with van der Waals surface area (Å²) in [6.45, 7) is 0.500. The molecule has 0 saturated heterocycles. The summed E-state index contributed by atoms with van der Waals surface area (Å²) >= 11 is 3.34. The highest BCUT2D eigenvalue weighted by Gasteiger charge is 2.05. The van der Waals surface area contributed by atoms with Gasteiger partial charge in [-0.3, -0.25) is 4.79 Å². The summed E-state index contributed by atoms with van der Waals surface area (Å²) in [5, 5.41) is 2.84. The molecule has 0 bridgehead atoms. The number of rotatable bonds is 3. The topological polar surface area (TPSA) is 55.1 Å². The molecule has 1 amide bonds. The summed E-state index contributed by atoms with van der Waals surface area (Å²) in [7, 11) is 0. The molecule has 0 heterocycles. The van der Waals surface area contributed by atoms with E-state index < -0.39 is 0 Å². The minimum Gasteiger partial charge on any atom is -0.326 e. The third kappa shape index (κ3) is 3.18. The summed E-state index contributed by atoms with van der Waals surface area (Å²) in [6.07, 6.45) is 0. The average Bonchev–Trinajstić information content (AvgIpc) is 2.39. The lowest BCUT2D eigenvalue weighted by Gasteiger charge is -2.06. The molecule has 4 heteroatoms. The first kappa shape index (κ1) is 12.8. The van der Waals surface area contributed by atoms with Gasteiger partial charge in [0.25, 0.3) is 5.91 Å². The van der Waals surface area contributed by atoms with Gasteiger partial charge >= 0.3 is 0 Å². The Kier molecular flexibility index (Phi) is 4.12. The molecular weight excluding hydrogens is 292 g/mol. The van der Waals surface area contributed by atoms with Crippen LogP contribution in [-0.2, 0) is 6.54 Å². The van der Waals surface area contributed by atoms with Gasteiger partial charge in [-0.25, -0.2) is 0 Å². The second kappa shape index (κ2) is 5.80. The lowest BCUT2D eigenvalue weighted by atomic mass is 10.2. The average molecular weight is 305 g/mol. The first-order valence-corrected chi connectivity index (χ1v) is 6.34. The van der Waals surface area contributed by atoms with Crippen molar-refractivity contribution >= 4 is 27.5 Å². The van der Waals surface area contributed by atoms with Crippen molar-refractivity contribution in [2.75, 3.05) is 5.32 Å². The van der Waals surface area contributed by atoms with E-state index in [9.17, 15) is 4.79 Å². The quantitative estimate of drug-likeness (QED) is 0.915. The summed E-state index contributed by atoms with van der Waals surface area (Å²) < 4.78 is 0.883. The maximum Gasteiger partial charge on any atom is 0.255 e. The first-order chi connectivity index (χ1) is 8.69. The molecule has 0 radical (unpaired) electrons. The van der Waals surface area contributed by atoms with Crippen LogP contribution in [0.4, 0.5) is 5.69 Å². The van der Waals surface area contributed by atoms with Gasteiger partial charge in [0.2, 0.25) is 0 Å². The number of amides is 1. The van der Waals surface area contributed by atoms with Crippen LogP contribution in [0.1, 0.15) is 15.9 Å². The maximum absolute atomic E-state index is 12.0. The molecule has 2 rings (SSSR count). The van der Waals surface area contributed by atoms with E-state index in [1.807, 2.05) is 36.4 Å². The van der Waals surface area contributed by atoms with Gasteiger partial charge in [0, 0.05) is 22.3 Å². The standard InChI is InChI=1S/C14H13BrN2O/c15-12-3-1-2-11(8-12)14(18)17-13-6-4-10(9-16)5-7-13/h1-8H,9,16H2,(H,17,18). The van der Waals surface area contributed by atoms with E-state index >= 15 is 0 Å². The van der Waals surface area contributed by atoms with Crippen molar-refractivity contribution in [2.24, 2.45) is 5.73 Å². The first-order valence-electron chi connectivity index (χ1n) is 5.55. The predicted molar refractivity (Wildman–Crippen MR) is 76.4 cm³/mol. The van der Waals surface area contributed by atoms with Gasteiger partial charge in [0.1, 0.15) is 0 Å². The smallest absolute Gasteiger partial charge is 0.255 e. The Hall–Kier alpha value is -1.65. The van der Waals surface area contributed by atoms with E-state index in [1.165, 1.54) is 0 Å². The van der Waals surface area contributed by atoms with Gasteiger partial charge in [0.05, 0.1) is 0 Å². The van der Waals surface area contributed by atoms with Crippen LogP contribution < -0.4 is 11.1 Å². The number of anilines is 1. The molecule has 0 saturated carbocycles. The number of nitrogens with two attached hydrogens (primary N) is 1. The zero-order valence-electron chi connectivity index (χ0n) is 9.69. The highest BCUT2D eigenvalue weighted by molar-refractivity contribution is 9.10. The van der Waals surface area contributed by atoms with Crippen LogP contribution >= 0.6 is 15.9 Å². The van der Waals surface area contributed by atoms with Crippen molar-refractivity contribution in [1.29, 1.82) is 0 Å². The molecule has 0 unspecified atom stereocenters. The van der Waals surface area contributed by atoms with Crippen LogP contribution in [0.5, 0.6) is 0 Å². The minimum absolute atomic E-state index is 0.128. The monoisotopic (exact) mass is 304 g/mol. The van der Waals surface area contributed by atoms with Gasteiger partial charge in [-0.1, -0.05) is 34.1 Å². The van der Waals surface area contributed by atoms with Crippen molar-refractivity contribution in [3.05, 3.63) is 64.1 Å². The fourth-order valence-corrected chi connectivity index (χ4v) is 1.96. The fraction of sp³-hybridized carbons (Fsp3) is 0.0714. The number of hydrogen-bond acceptors (Lipinski definition) is 2. The normalized spacial score (nSPS) is 10.1. The van der Waals surface area contributed by atoms with E-state index in [1.54, 1.807) is 12.1 Å². The molecular formula is C14H13BrN2O. The zero-order valence-corrected chi connectivity index (χ0v) is 11.3. The second-order valence-corrected chi connectivity index (χ2v) is 4.78. The fourth-order valence-electron chi connectivity index (χ4n) is 1.56. The van der Waals surface area contributed by atoms with Crippen LogP contribution in [0, 0.1) is 0 Å². The number of hydrogen-bond donors (Lipinski definition) is 2. The molecule has 0 spiro atoms. The second-order valence-electron chi connectivity index (χ2n) is 3.87. The van der Waals surface area contributed by atoms with Crippen molar-refractivity contribution in [1.82, 2.24) is 0 Å². The number of carbonyl (C=O) groups is 1. The molecule has 3 nitrogen and oxygen atoms in total. The number of benzene rings is 2. The van der Waals surface area contributed by atoms with Crippen LogP contribution in [0.3, 0.4) is 0 Å². The molecule has 0 aromatic heterocycles. The number of carbonyl (C=O) groups excluding carboxylic acids is 1. The third-order valence-electron chi connectivity index (χ3n) is 2.53. The Morgan fingerprint density at radius 1 is 1.17 bits per heavy atom. The van der Waals surface area contributed by atoms with Crippen molar-refractivity contribution < 1.29 is 4.79 Å². The van der Waals surface area contributed by atoms with E-state index in [4.69, 9.17) is 5.73 Å². The zero-order chi connectivity index (χ0) is 13.0. The Bertz CT molecular complexity index is 552. The van der Waals surface area contributed by atoms with Gasteiger partial charge in [0.15, 0.2) is 0 Å². The molecule has 0 atom stereocenters. The Balaban J connectivity index is 2.11. The largest absolute Gasteiger partial charge is 0.326 e. The van der Waals surface area contributed by atoms with Crippen LogP contribution in [-0.4, -0.2) is 5.91 Å². The van der Waals surface area contributed by atoms with Crippen LogP contribution in [0.2, 0.25) is 0 Å². The molecule has 0 fully saturated rings. The summed E-state index contributed by atoms with van der Waals surface area (Å²) in [5.74, 6) is -0.128. The SMILES string of the molecule is NCc1ccc(NC(=O)c2cccc(Br)c2)cc1. The minimum atomic E-state index is -0.128. The molecule has 2 aromatic rings. The van der Waals surface area contributed by atoms with Crippen molar-refractivity contribution in [3.63, 3.8) is 0 Å². The number of nitrogens with one attached hydrogen (secondary N) is 1. The van der Waals surface area contributed by atoms with Gasteiger partial charge in [-0.05, 0) is 35.9 Å². The maximum atomic E-state index is 12.0. The Morgan fingerprint density at radius 2 is 1.89 bits per heavy atom. The van der Waals surface area contributed by atoms with Gasteiger partial charge in [-0.15, -0.1) is 0 Å². The van der Waals surface area contributed by atoms with Gasteiger partial charge in [-0.2, -0.15) is 0 Å². The Morgan fingerprint density at radius 3 is 2.50 bits per heavy atom. The van der Waals surface area contributed by atoms with Crippen LogP contribution in [0.15, 0.2) is 53.0 Å². The molecule has 2 aromatic carbocycles. The number of halogens is 1. The van der Waals surface area contributed by atoms with Gasteiger partial charge < -0.3 is 11.1 Å². The molecule has 0 aliphatic rings. The van der Waals surface area contributed by atoms with Crippen molar-refractivity contribution in [2.45, 2.75) is 6.54 Å². The van der Waals surface area contributed by atoms with E-state index in [2.05, 4.69) is 21.2 Å². The summed E-state index contributed by atoms with van der Waals surface area (Å²) in [6, 6.07) is 14.8. The highest BCUT2D eigenvalue weighted by atomic mass is 79.9. The predicted octanol–water partition coefficient (Wildman–Crippen LogP) is 3.16. The molecule has 18 heavy (non-hydrogen) atoms. The molecule has 0 aliphatic heterocycles. The highest BCUT2D eigenvalue weighted by Crippen LogP contribution is 2.14. The molecule has 92 valence electrons. The summed E-state index contributed by atoms with van der Waals surface area (Å²) in [5.41, 5.74) is 7.93. The summed E-state index contributed by atoms with van der Waals surface area (Å²) in [4.78, 5) is 12.0. The van der Waals surface area contributed by atoms with Crippen LogP contribution in [0.25, 0.3) is 0 Å². The molecule has 0 aliphatic carbocycles. The Labute approximate surface area is 114 Å².